The van der Waals surface area contributed by atoms with Gasteiger partial charge in [0.25, 0.3) is 10.0 Å². The van der Waals surface area contributed by atoms with Gasteiger partial charge in [0.1, 0.15) is 18.2 Å². The van der Waals surface area contributed by atoms with Crippen LogP contribution in [0.25, 0.3) is 0 Å². The van der Waals surface area contributed by atoms with Crippen molar-refractivity contribution in [3.05, 3.63) is 89.7 Å². The van der Waals surface area contributed by atoms with Gasteiger partial charge in [0.2, 0.25) is 0 Å². The highest BCUT2D eigenvalue weighted by Gasteiger charge is 2.27. The molecule has 0 saturated heterocycles. The zero-order chi connectivity index (χ0) is 21.7. The first-order valence-corrected chi connectivity index (χ1v) is 11.3. The number of hydrogen-bond acceptors (Lipinski definition) is 3. The average Bonchev–Trinajstić information content (AvgIpc) is 2.73. The maximum Gasteiger partial charge on any atom is 0.264 e. The van der Waals surface area contributed by atoms with Gasteiger partial charge in [-0.2, -0.15) is 0 Å². The highest BCUT2D eigenvalue weighted by atomic mass is 32.2. The molecule has 0 amide bonds. The lowest BCUT2D eigenvalue weighted by atomic mass is 10.1. The summed E-state index contributed by atoms with van der Waals surface area (Å²) in [5, 5.41) is 0. The van der Waals surface area contributed by atoms with E-state index in [4.69, 9.17) is 4.74 Å². The van der Waals surface area contributed by atoms with Crippen LogP contribution in [0.1, 0.15) is 25.0 Å². The number of aryl methyl sites for hydroxylation is 1. The van der Waals surface area contributed by atoms with Gasteiger partial charge in [-0.25, -0.2) is 12.8 Å². The number of benzene rings is 3. The van der Waals surface area contributed by atoms with Crippen molar-refractivity contribution in [1.82, 2.24) is 0 Å². The molecule has 0 aliphatic heterocycles. The Bertz CT molecular complexity index is 1080. The molecular formula is C24H26FNO3S. The van der Waals surface area contributed by atoms with E-state index in [9.17, 15) is 12.8 Å². The fourth-order valence-electron chi connectivity index (χ4n) is 3.08. The minimum Gasteiger partial charge on any atom is -0.489 e. The number of hydrogen-bond donors (Lipinski definition) is 0. The first kappa shape index (κ1) is 21.8. The van der Waals surface area contributed by atoms with Crippen molar-refractivity contribution in [3.63, 3.8) is 0 Å². The van der Waals surface area contributed by atoms with Gasteiger partial charge in [0, 0.05) is 6.54 Å². The van der Waals surface area contributed by atoms with E-state index in [1.165, 1.54) is 28.6 Å². The molecule has 0 unspecified atom stereocenters. The predicted octanol–water partition coefficient (Wildman–Crippen LogP) is 5.56. The molecule has 0 N–H and O–H groups in total. The monoisotopic (exact) mass is 427 g/mol. The van der Waals surface area contributed by atoms with Crippen LogP contribution in [0.15, 0.2) is 77.7 Å². The second-order valence-corrected chi connectivity index (χ2v) is 9.47. The summed E-state index contributed by atoms with van der Waals surface area (Å²) in [5.74, 6) is 0.176. The number of nitrogens with zero attached hydrogens (tertiary/aromatic N) is 1. The van der Waals surface area contributed by atoms with E-state index in [1.54, 1.807) is 25.1 Å². The van der Waals surface area contributed by atoms with E-state index < -0.39 is 15.8 Å². The molecule has 4 nitrogen and oxygen atoms in total. The van der Waals surface area contributed by atoms with Crippen LogP contribution in [-0.4, -0.2) is 15.0 Å². The first-order valence-electron chi connectivity index (χ1n) is 9.83. The minimum atomic E-state index is -3.86. The summed E-state index contributed by atoms with van der Waals surface area (Å²) in [6.07, 6.45) is 0. The maximum atomic E-state index is 13.9. The summed E-state index contributed by atoms with van der Waals surface area (Å²) in [6, 6.07) is 20.3. The molecule has 0 aliphatic rings. The Kier molecular flexibility index (Phi) is 6.77. The number of ether oxygens (including phenoxy) is 1. The van der Waals surface area contributed by atoms with Crippen molar-refractivity contribution in [1.29, 1.82) is 0 Å². The van der Waals surface area contributed by atoms with Crippen LogP contribution in [0.3, 0.4) is 0 Å². The molecule has 0 bridgehead atoms. The van der Waals surface area contributed by atoms with Crippen LogP contribution < -0.4 is 9.04 Å². The standard InChI is InChI=1S/C24H26FNO3S/c1-18(2)16-26(24-15-21(25)10-9-19(24)3)30(27,28)23-13-11-22(12-14-23)29-17-20-7-5-4-6-8-20/h4-15,18H,16-17H2,1-3H3. The van der Waals surface area contributed by atoms with Crippen LogP contribution in [0, 0.1) is 18.7 Å². The largest absolute Gasteiger partial charge is 0.489 e. The van der Waals surface area contributed by atoms with Gasteiger partial charge in [0.05, 0.1) is 10.6 Å². The van der Waals surface area contributed by atoms with Gasteiger partial charge in [-0.05, 0) is 60.4 Å². The fraction of sp³-hybridized carbons (Fsp3) is 0.250. The number of anilines is 1. The molecule has 0 atom stereocenters. The summed E-state index contributed by atoms with van der Waals surface area (Å²) in [5.41, 5.74) is 2.08. The maximum absolute atomic E-state index is 13.9. The molecule has 0 heterocycles. The van der Waals surface area contributed by atoms with Gasteiger partial charge in [-0.3, -0.25) is 4.31 Å². The van der Waals surface area contributed by atoms with Crippen LogP contribution in [0.2, 0.25) is 0 Å². The normalized spacial score (nSPS) is 11.5. The molecule has 3 aromatic carbocycles. The first-order chi connectivity index (χ1) is 14.3. The van der Waals surface area contributed by atoms with Crippen LogP contribution in [0.5, 0.6) is 5.75 Å². The SMILES string of the molecule is Cc1ccc(F)cc1N(CC(C)C)S(=O)(=O)c1ccc(OCc2ccccc2)cc1. The molecule has 0 aliphatic carbocycles. The van der Waals surface area contributed by atoms with Gasteiger partial charge < -0.3 is 4.74 Å². The summed E-state index contributed by atoms with van der Waals surface area (Å²) < 4.78 is 47.7. The lowest BCUT2D eigenvalue weighted by molar-refractivity contribution is 0.306. The molecule has 0 fully saturated rings. The summed E-state index contributed by atoms with van der Waals surface area (Å²) in [4.78, 5) is 0.138. The van der Waals surface area contributed by atoms with E-state index in [-0.39, 0.29) is 17.4 Å². The zero-order valence-corrected chi connectivity index (χ0v) is 18.2. The van der Waals surface area contributed by atoms with E-state index in [0.717, 1.165) is 5.56 Å². The lowest BCUT2D eigenvalue weighted by Crippen LogP contribution is -2.34. The van der Waals surface area contributed by atoms with Crippen molar-refractivity contribution < 1.29 is 17.5 Å². The van der Waals surface area contributed by atoms with Crippen LogP contribution in [0.4, 0.5) is 10.1 Å². The van der Waals surface area contributed by atoms with Gasteiger partial charge in [0.15, 0.2) is 0 Å². The fourth-order valence-corrected chi connectivity index (χ4v) is 4.77. The van der Waals surface area contributed by atoms with E-state index in [1.807, 2.05) is 44.2 Å². The van der Waals surface area contributed by atoms with Crippen molar-refractivity contribution >= 4 is 15.7 Å². The second-order valence-electron chi connectivity index (χ2n) is 7.61. The van der Waals surface area contributed by atoms with Gasteiger partial charge >= 0.3 is 0 Å². The molecule has 3 rings (SSSR count). The molecular weight excluding hydrogens is 401 g/mol. The number of rotatable bonds is 8. The third-order valence-corrected chi connectivity index (χ3v) is 6.42. The summed E-state index contributed by atoms with van der Waals surface area (Å²) >= 11 is 0. The Morgan fingerprint density at radius 3 is 2.27 bits per heavy atom. The Labute approximate surface area is 178 Å². The highest BCUT2D eigenvalue weighted by Crippen LogP contribution is 2.29. The van der Waals surface area contributed by atoms with E-state index in [2.05, 4.69) is 0 Å². The third kappa shape index (κ3) is 5.19. The Hall–Kier alpha value is -2.86. The van der Waals surface area contributed by atoms with Crippen LogP contribution in [-0.2, 0) is 16.6 Å². The topological polar surface area (TPSA) is 46.6 Å². The third-order valence-electron chi connectivity index (χ3n) is 4.63. The van der Waals surface area contributed by atoms with E-state index >= 15 is 0 Å². The number of halogens is 1. The second kappa shape index (κ2) is 9.30. The molecule has 30 heavy (non-hydrogen) atoms. The molecule has 158 valence electrons. The van der Waals surface area contributed by atoms with Crippen molar-refractivity contribution in [2.45, 2.75) is 32.3 Å². The predicted molar refractivity (Wildman–Crippen MR) is 118 cm³/mol. The lowest BCUT2D eigenvalue weighted by Gasteiger charge is -2.27. The van der Waals surface area contributed by atoms with Crippen molar-refractivity contribution in [2.24, 2.45) is 5.92 Å². The Morgan fingerprint density at radius 2 is 1.63 bits per heavy atom. The van der Waals surface area contributed by atoms with Crippen LogP contribution >= 0.6 is 0 Å². The quantitative estimate of drug-likeness (QED) is 0.472. The number of sulfonamides is 1. The summed E-state index contributed by atoms with van der Waals surface area (Å²) in [6.45, 7) is 6.28. The molecule has 0 spiro atoms. The highest BCUT2D eigenvalue weighted by molar-refractivity contribution is 7.92. The Balaban J connectivity index is 1.86. The average molecular weight is 428 g/mol. The molecule has 0 radical (unpaired) electrons. The Morgan fingerprint density at radius 1 is 0.967 bits per heavy atom. The van der Waals surface area contributed by atoms with E-state index in [0.29, 0.717) is 23.6 Å². The molecule has 3 aromatic rings. The minimum absolute atomic E-state index is 0.0657. The summed E-state index contributed by atoms with van der Waals surface area (Å²) in [7, 11) is -3.86. The van der Waals surface area contributed by atoms with Gasteiger partial charge in [-0.1, -0.05) is 50.2 Å². The van der Waals surface area contributed by atoms with Gasteiger partial charge in [-0.15, -0.1) is 0 Å². The molecule has 6 heteroatoms. The smallest absolute Gasteiger partial charge is 0.264 e. The molecule has 0 saturated carbocycles. The zero-order valence-electron chi connectivity index (χ0n) is 17.4. The van der Waals surface area contributed by atoms with Crippen molar-refractivity contribution in [2.75, 3.05) is 10.8 Å². The molecule has 0 aromatic heterocycles. The van der Waals surface area contributed by atoms with Crippen molar-refractivity contribution in [3.8, 4) is 5.75 Å².